The van der Waals surface area contributed by atoms with Gasteiger partial charge in [-0.25, -0.2) is 4.79 Å². The molecule has 0 aliphatic heterocycles. The average molecular weight is 260 g/mol. The molecule has 0 aliphatic carbocycles. The fourth-order valence-corrected chi connectivity index (χ4v) is 1.45. The van der Waals surface area contributed by atoms with Gasteiger partial charge >= 0.3 is 6.09 Å². The fraction of sp³-hybridized carbons (Fsp3) is 0.308. The number of ether oxygens (including phenoxy) is 1. The molecule has 0 atom stereocenters. The summed E-state index contributed by atoms with van der Waals surface area (Å²) in [6, 6.07) is 7.16. The van der Waals surface area contributed by atoms with Gasteiger partial charge in [0.1, 0.15) is 5.60 Å². The van der Waals surface area contributed by atoms with Crippen molar-refractivity contribution in [3.63, 3.8) is 0 Å². The molecule has 1 N–H and O–H groups in total. The van der Waals surface area contributed by atoms with Crippen molar-refractivity contribution < 1.29 is 9.53 Å². The van der Waals surface area contributed by atoms with Gasteiger partial charge in [-0.2, -0.15) is 15.0 Å². The van der Waals surface area contributed by atoms with Crippen molar-refractivity contribution in [1.29, 1.82) is 0 Å². The number of carbonyl (C=O) groups excluding carboxylic acids is 1. The second-order valence-corrected chi connectivity index (χ2v) is 4.99. The first kappa shape index (κ1) is 13.1. The van der Waals surface area contributed by atoms with E-state index in [-0.39, 0.29) is 0 Å². The normalized spacial score (nSPS) is 11.1. The Balaban J connectivity index is 2.01. The van der Waals surface area contributed by atoms with E-state index in [4.69, 9.17) is 4.74 Å². The minimum absolute atomic E-state index is 0.475. The van der Waals surface area contributed by atoms with Crippen LogP contribution < -0.4 is 5.32 Å². The van der Waals surface area contributed by atoms with Crippen LogP contribution in [0.2, 0.25) is 0 Å². The summed E-state index contributed by atoms with van der Waals surface area (Å²) >= 11 is 0. The zero-order valence-electron chi connectivity index (χ0n) is 11.1. The van der Waals surface area contributed by atoms with Crippen LogP contribution in [0.1, 0.15) is 20.8 Å². The first-order chi connectivity index (χ1) is 8.94. The lowest BCUT2D eigenvalue weighted by atomic mass is 10.2. The van der Waals surface area contributed by atoms with Gasteiger partial charge in [0.15, 0.2) is 0 Å². The van der Waals surface area contributed by atoms with E-state index >= 15 is 0 Å². The molecule has 1 aromatic heterocycles. The average Bonchev–Trinajstić information content (AvgIpc) is 2.80. The van der Waals surface area contributed by atoms with Crippen LogP contribution in [0, 0.1) is 0 Å². The number of nitrogens with zero attached hydrogens (tertiary/aromatic N) is 3. The van der Waals surface area contributed by atoms with E-state index in [1.54, 1.807) is 24.5 Å². The first-order valence-electron chi connectivity index (χ1n) is 5.91. The van der Waals surface area contributed by atoms with Gasteiger partial charge in [0, 0.05) is 5.69 Å². The molecule has 0 radical (unpaired) electrons. The highest BCUT2D eigenvalue weighted by Crippen LogP contribution is 2.14. The van der Waals surface area contributed by atoms with Crippen molar-refractivity contribution in [3.05, 3.63) is 36.7 Å². The summed E-state index contributed by atoms with van der Waals surface area (Å²) in [5, 5.41) is 10.7. The largest absolute Gasteiger partial charge is 0.444 e. The van der Waals surface area contributed by atoms with Gasteiger partial charge in [0.05, 0.1) is 18.1 Å². The van der Waals surface area contributed by atoms with Crippen LogP contribution in [0.15, 0.2) is 36.7 Å². The third kappa shape index (κ3) is 3.80. The van der Waals surface area contributed by atoms with Gasteiger partial charge in [-0.3, -0.25) is 5.32 Å². The molecule has 2 aromatic rings. The van der Waals surface area contributed by atoms with Gasteiger partial charge in [0.25, 0.3) is 0 Å². The predicted molar refractivity (Wildman–Crippen MR) is 71.2 cm³/mol. The van der Waals surface area contributed by atoms with Gasteiger partial charge in [-0.15, -0.1) is 0 Å². The number of hydrogen-bond donors (Lipinski definition) is 1. The molecule has 6 heteroatoms. The molecule has 100 valence electrons. The van der Waals surface area contributed by atoms with E-state index in [0.717, 1.165) is 5.69 Å². The van der Waals surface area contributed by atoms with Crippen molar-refractivity contribution in [2.24, 2.45) is 0 Å². The van der Waals surface area contributed by atoms with E-state index in [2.05, 4.69) is 15.5 Å². The van der Waals surface area contributed by atoms with Crippen LogP contribution in [-0.4, -0.2) is 26.7 Å². The molecular weight excluding hydrogens is 244 g/mol. The summed E-state index contributed by atoms with van der Waals surface area (Å²) in [6.45, 7) is 5.46. The van der Waals surface area contributed by atoms with Crippen LogP contribution in [0.25, 0.3) is 5.69 Å². The molecule has 6 nitrogen and oxygen atoms in total. The maximum absolute atomic E-state index is 11.6. The Morgan fingerprint density at radius 3 is 2.26 bits per heavy atom. The zero-order valence-corrected chi connectivity index (χ0v) is 11.1. The number of anilines is 1. The molecular formula is C13H16N4O2. The Morgan fingerprint density at radius 1 is 1.16 bits per heavy atom. The van der Waals surface area contributed by atoms with Crippen molar-refractivity contribution in [3.8, 4) is 5.69 Å². The number of carbonyl (C=O) groups is 1. The molecule has 19 heavy (non-hydrogen) atoms. The molecule has 1 aromatic carbocycles. The Bertz CT molecular complexity index is 541. The van der Waals surface area contributed by atoms with Gasteiger partial charge in [-0.1, -0.05) is 0 Å². The minimum Gasteiger partial charge on any atom is -0.444 e. The highest BCUT2D eigenvalue weighted by Gasteiger charge is 2.16. The maximum Gasteiger partial charge on any atom is 0.412 e. The topological polar surface area (TPSA) is 69.0 Å². The molecule has 0 fully saturated rings. The van der Waals surface area contributed by atoms with Gasteiger partial charge in [0.2, 0.25) is 0 Å². The molecule has 1 heterocycles. The molecule has 0 saturated carbocycles. The summed E-state index contributed by atoms with van der Waals surface area (Å²) in [5.74, 6) is 0. The molecule has 0 aliphatic rings. The van der Waals surface area contributed by atoms with Gasteiger partial charge < -0.3 is 4.74 Å². The fourth-order valence-electron chi connectivity index (χ4n) is 1.45. The molecule has 0 saturated heterocycles. The summed E-state index contributed by atoms with van der Waals surface area (Å²) in [4.78, 5) is 13.1. The van der Waals surface area contributed by atoms with Crippen molar-refractivity contribution in [1.82, 2.24) is 15.0 Å². The zero-order chi connectivity index (χ0) is 13.9. The lowest BCUT2D eigenvalue weighted by molar-refractivity contribution is 0.0636. The Hall–Kier alpha value is -2.37. The van der Waals surface area contributed by atoms with E-state index in [9.17, 15) is 4.79 Å². The van der Waals surface area contributed by atoms with Crippen LogP contribution in [0.4, 0.5) is 10.5 Å². The van der Waals surface area contributed by atoms with E-state index in [0.29, 0.717) is 5.69 Å². The number of amides is 1. The van der Waals surface area contributed by atoms with Crippen LogP contribution in [-0.2, 0) is 4.74 Å². The van der Waals surface area contributed by atoms with E-state index in [1.807, 2.05) is 32.9 Å². The van der Waals surface area contributed by atoms with Crippen molar-refractivity contribution >= 4 is 11.8 Å². The molecule has 2 rings (SSSR count). The number of rotatable bonds is 2. The Labute approximate surface area is 111 Å². The quantitative estimate of drug-likeness (QED) is 0.901. The molecule has 0 bridgehead atoms. The summed E-state index contributed by atoms with van der Waals surface area (Å²) in [7, 11) is 0. The Morgan fingerprint density at radius 2 is 1.74 bits per heavy atom. The minimum atomic E-state index is -0.511. The lowest BCUT2D eigenvalue weighted by Gasteiger charge is -2.19. The van der Waals surface area contributed by atoms with Crippen molar-refractivity contribution in [2.75, 3.05) is 5.32 Å². The molecule has 0 spiro atoms. The highest BCUT2D eigenvalue weighted by molar-refractivity contribution is 5.84. The van der Waals surface area contributed by atoms with E-state index in [1.165, 1.54) is 4.80 Å². The lowest BCUT2D eigenvalue weighted by Crippen LogP contribution is -2.27. The van der Waals surface area contributed by atoms with Crippen LogP contribution >= 0.6 is 0 Å². The smallest absolute Gasteiger partial charge is 0.412 e. The SMILES string of the molecule is CC(C)(C)OC(=O)Nc1ccc(-n2nccn2)cc1. The van der Waals surface area contributed by atoms with E-state index < -0.39 is 11.7 Å². The Kier molecular flexibility index (Phi) is 3.50. The van der Waals surface area contributed by atoms with Gasteiger partial charge in [-0.05, 0) is 45.0 Å². The van der Waals surface area contributed by atoms with Crippen molar-refractivity contribution in [2.45, 2.75) is 26.4 Å². The summed E-state index contributed by atoms with van der Waals surface area (Å²) < 4.78 is 5.16. The monoisotopic (exact) mass is 260 g/mol. The standard InChI is InChI=1S/C13H16N4O2/c1-13(2,3)19-12(18)16-10-4-6-11(7-5-10)17-14-8-9-15-17/h4-9H,1-3H3,(H,16,18). The first-order valence-corrected chi connectivity index (χ1v) is 5.91. The predicted octanol–water partition coefficient (Wildman–Crippen LogP) is 2.61. The number of hydrogen-bond acceptors (Lipinski definition) is 4. The van der Waals surface area contributed by atoms with Crippen LogP contribution in [0.3, 0.4) is 0 Å². The third-order valence-electron chi connectivity index (χ3n) is 2.16. The van der Waals surface area contributed by atoms with Crippen LogP contribution in [0.5, 0.6) is 0 Å². The number of nitrogens with one attached hydrogen (secondary N) is 1. The molecule has 1 amide bonds. The number of aromatic nitrogens is 3. The third-order valence-corrected chi connectivity index (χ3v) is 2.16. The summed E-state index contributed by atoms with van der Waals surface area (Å²) in [6.07, 6.45) is 2.73. The second-order valence-electron chi connectivity index (χ2n) is 4.99. The summed E-state index contributed by atoms with van der Waals surface area (Å²) in [5.41, 5.74) is 0.966. The number of benzene rings is 1. The highest BCUT2D eigenvalue weighted by atomic mass is 16.6. The second kappa shape index (κ2) is 5.09. The molecule has 0 unspecified atom stereocenters. The maximum atomic E-state index is 11.6.